The van der Waals surface area contributed by atoms with Crippen LogP contribution < -0.4 is 0 Å². The molecule has 1 aliphatic rings. The topological polar surface area (TPSA) is 89.7 Å². The third-order valence-electron chi connectivity index (χ3n) is 5.03. The van der Waals surface area contributed by atoms with Crippen LogP contribution in [0.2, 0.25) is 0 Å². The summed E-state index contributed by atoms with van der Waals surface area (Å²) < 4.78 is 1.91. The summed E-state index contributed by atoms with van der Waals surface area (Å²) in [7, 11) is 0. The fraction of sp³-hybridized carbons (Fsp3) is 0.400. The minimum absolute atomic E-state index is 0.0107. The molecule has 0 bridgehead atoms. The Morgan fingerprint density at radius 2 is 1.89 bits per heavy atom. The summed E-state index contributed by atoms with van der Waals surface area (Å²) in [5, 5.41) is 8.55. The zero-order chi connectivity index (χ0) is 19.5. The maximum Gasteiger partial charge on any atom is 0.256 e. The zero-order valence-corrected chi connectivity index (χ0v) is 16.1. The van der Waals surface area contributed by atoms with Crippen molar-refractivity contribution in [1.29, 1.82) is 0 Å². The van der Waals surface area contributed by atoms with Gasteiger partial charge in [-0.3, -0.25) is 9.78 Å². The lowest BCUT2D eigenvalue weighted by atomic mass is 10.0. The van der Waals surface area contributed by atoms with Gasteiger partial charge in [-0.15, -0.1) is 5.10 Å². The molecule has 0 aliphatic carbocycles. The Hall–Kier alpha value is -3.16. The van der Waals surface area contributed by atoms with E-state index in [0.29, 0.717) is 18.7 Å². The van der Waals surface area contributed by atoms with Gasteiger partial charge in [-0.05, 0) is 25.0 Å². The van der Waals surface area contributed by atoms with E-state index >= 15 is 0 Å². The maximum absolute atomic E-state index is 12.7. The number of nitrogens with zero attached hydrogens (tertiary/aromatic N) is 7. The first kappa shape index (κ1) is 18.2. The second-order valence-electron chi connectivity index (χ2n) is 7.33. The Balaban J connectivity index is 1.38. The zero-order valence-electron chi connectivity index (χ0n) is 16.1. The Morgan fingerprint density at radius 3 is 2.54 bits per heavy atom. The molecule has 144 valence electrons. The minimum Gasteiger partial charge on any atom is -0.338 e. The number of hydrogen-bond donors (Lipinski definition) is 0. The highest BCUT2D eigenvalue weighted by atomic mass is 16.2. The minimum atomic E-state index is -0.0107. The number of piperidine rings is 1. The van der Waals surface area contributed by atoms with Crippen LogP contribution in [0, 0.1) is 0 Å². The molecular weight excluding hydrogens is 354 g/mol. The highest BCUT2D eigenvalue weighted by Gasteiger charge is 2.26. The molecule has 0 radical (unpaired) electrons. The number of hydrogen-bond acceptors (Lipinski definition) is 6. The van der Waals surface area contributed by atoms with Gasteiger partial charge < -0.3 is 4.90 Å². The van der Waals surface area contributed by atoms with E-state index in [9.17, 15) is 4.79 Å². The third kappa shape index (κ3) is 3.76. The van der Waals surface area contributed by atoms with Gasteiger partial charge in [0.1, 0.15) is 11.5 Å². The number of amides is 1. The quantitative estimate of drug-likeness (QED) is 0.694. The fourth-order valence-corrected chi connectivity index (χ4v) is 3.36. The molecule has 8 heteroatoms. The van der Waals surface area contributed by atoms with Crippen LogP contribution in [0.5, 0.6) is 0 Å². The molecule has 0 unspecified atom stereocenters. The number of pyridine rings is 1. The monoisotopic (exact) mass is 377 g/mol. The SMILES string of the molecule is CC(C)c1ncc(C(=O)N2CCC(n3cc(-c4cccnc4)nn3)CC2)cn1. The van der Waals surface area contributed by atoms with Gasteiger partial charge in [0, 0.05) is 49.4 Å². The average molecular weight is 377 g/mol. The molecule has 0 saturated carbocycles. The van der Waals surface area contributed by atoms with Crippen LogP contribution in [0.1, 0.15) is 54.8 Å². The van der Waals surface area contributed by atoms with Crippen molar-refractivity contribution >= 4 is 5.91 Å². The number of carbonyl (C=O) groups excluding carboxylic acids is 1. The maximum atomic E-state index is 12.7. The van der Waals surface area contributed by atoms with E-state index in [-0.39, 0.29) is 17.9 Å². The summed E-state index contributed by atoms with van der Waals surface area (Å²) in [4.78, 5) is 27.3. The highest BCUT2D eigenvalue weighted by Crippen LogP contribution is 2.24. The van der Waals surface area contributed by atoms with Gasteiger partial charge in [-0.2, -0.15) is 0 Å². The van der Waals surface area contributed by atoms with E-state index in [4.69, 9.17) is 0 Å². The number of carbonyl (C=O) groups is 1. The molecule has 0 aromatic carbocycles. The Bertz CT molecular complexity index is 929. The molecule has 4 heterocycles. The lowest BCUT2D eigenvalue weighted by Gasteiger charge is -2.31. The van der Waals surface area contributed by atoms with E-state index in [2.05, 4.69) is 25.3 Å². The van der Waals surface area contributed by atoms with Gasteiger partial charge in [0.25, 0.3) is 5.91 Å². The normalized spacial score (nSPS) is 15.2. The molecule has 0 N–H and O–H groups in total. The van der Waals surface area contributed by atoms with E-state index in [1.165, 1.54) is 0 Å². The summed E-state index contributed by atoms with van der Waals surface area (Å²) in [6.07, 6.45) is 10.4. The van der Waals surface area contributed by atoms with Crippen LogP contribution in [0.4, 0.5) is 0 Å². The second-order valence-corrected chi connectivity index (χ2v) is 7.33. The molecule has 3 aromatic rings. The van der Waals surface area contributed by atoms with E-state index in [1.54, 1.807) is 24.8 Å². The molecule has 4 rings (SSSR count). The van der Waals surface area contributed by atoms with Gasteiger partial charge in [0.05, 0.1) is 17.8 Å². The predicted molar refractivity (Wildman–Crippen MR) is 104 cm³/mol. The standard InChI is InChI=1S/C20H23N7O/c1-14(2)19-22-11-16(12-23-19)20(28)26-8-5-17(6-9-26)27-13-18(24-25-27)15-4-3-7-21-10-15/h3-4,7,10-14,17H,5-6,8-9H2,1-2H3. The number of aromatic nitrogens is 6. The van der Waals surface area contributed by atoms with Crippen LogP contribution in [-0.4, -0.2) is 53.8 Å². The van der Waals surface area contributed by atoms with Crippen LogP contribution in [0.15, 0.2) is 43.1 Å². The third-order valence-corrected chi connectivity index (χ3v) is 5.03. The van der Waals surface area contributed by atoms with E-state index < -0.39 is 0 Å². The van der Waals surface area contributed by atoms with Crippen molar-refractivity contribution in [3.8, 4) is 11.3 Å². The molecule has 1 saturated heterocycles. The van der Waals surface area contributed by atoms with Crippen molar-refractivity contribution in [2.75, 3.05) is 13.1 Å². The molecule has 8 nitrogen and oxygen atoms in total. The van der Waals surface area contributed by atoms with Crippen molar-refractivity contribution in [2.45, 2.75) is 38.6 Å². The number of rotatable bonds is 4. The van der Waals surface area contributed by atoms with Crippen molar-refractivity contribution in [3.63, 3.8) is 0 Å². The molecule has 1 amide bonds. The van der Waals surface area contributed by atoms with Crippen molar-refractivity contribution in [1.82, 2.24) is 34.8 Å². The first-order valence-electron chi connectivity index (χ1n) is 9.55. The summed E-state index contributed by atoms with van der Waals surface area (Å²) in [6, 6.07) is 4.09. The molecule has 1 fully saturated rings. The first-order chi connectivity index (χ1) is 13.6. The largest absolute Gasteiger partial charge is 0.338 e. The molecule has 28 heavy (non-hydrogen) atoms. The van der Waals surface area contributed by atoms with Crippen molar-refractivity contribution < 1.29 is 4.79 Å². The van der Waals surface area contributed by atoms with Crippen molar-refractivity contribution in [3.05, 3.63) is 54.5 Å². The first-order valence-corrected chi connectivity index (χ1v) is 9.55. The van der Waals surface area contributed by atoms with Crippen LogP contribution in [0.3, 0.4) is 0 Å². The van der Waals surface area contributed by atoms with Crippen molar-refractivity contribution in [2.24, 2.45) is 0 Å². The van der Waals surface area contributed by atoms with Gasteiger partial charge >= 0.3 is 0 Å². The summed E-state index contributed by atoms with van der Waals surface area (Å²) >= 11 is 0. The van der Waals surface area contributed by atoms with Gasteiger partial charge in [0.2, 0.25) is 0 Å². The molecule has 0 spiro atoms. The van der Waals surface area contributed by atoms with Gasteiger partial charge in [-0.25, -0.2) is 14.6 Å². The highest BCUT2D eigenvalue weighted by molar-refractivity contribution is 5.93. The van der Waals surface area contributed by atoms with Gasteiger partial charge in [-0.1, -0.05) is 19.1 Å². The van der Waals surface area contributed by atoms with E-state index in [1.807, 2.05) is 41.8 Å². The second kappa shape index (κ2) is 7.84. The van der Waals surface area contributed by atoms with Crippen LogP contribution in [-0.2, 0) is 0 Å². The Labute approximate surface area is 163 Å². The van der Waals surface area contributed by atoms with Gasteiger partial charge in [0.15, 0.2) is 0 Å². The lowest BCUT2D eigenvalue weighted by Crippen LogP contribution is -2.39. The fourth-order valence-electron chi connectivity index (χ4n) is 3.36. The average Bonchev–Trinajstić information content (AvgIpc) is 3.24. The number of likely N-dealkylation sites (tertiary alicyclic amines) is 1. The lowest BCUT2D eigenvalue weighted by molar-refractivity contribution is 0.0688. The Morgan fingerprint density at radius 1 is 1.14 bits per heavy atom. The summed E-state index contributed by atoms with van der Waals surface area (Å²) in [5.41, 5.74) is 2.31. The molecule has 0 atom stereocenters. The van der Waals surface area contributed by atoms with E-state index in [0.717, 1.165) is 29.9 Å². The molecule has 1 aliphatic heterocycles. The summed E-state index contributed by atoms with van der Waals surface area (Å²) in [6.45, 7) is 5.42. The smallest absolute Gasteiger partial charge is 0.256 e. The predicted octanol–water partition coefficient (Wildman–Crippen LogP) is 2.73. The molecule has 3 aromatic heterocycles. The Kier molecular flexibility index (Phi) is 5.10. The molecular formula is C20H23N7O. The van der Waals surface area contributed by atoms with Crippen LogP contribution in [0.25, 0.3) is 11.3 Å². The summed E-state index contributed by atoms with van der Waals surface area (Å²) in [5.74, 6) is 0.994. The van der Waals surface area contributed by atoms with Crippen LogP contribution >= 0.6 is 0 Å².